The van der Waals surface area contributed by atoms with Crippen LogP contribution in [-0.4, -0.2) is 32.3 Å². The van der Waals surface area contributed by atoms with Crippen LogP contribution in [0, 0.1) is 5.82 Å². The average Bonchev–Trinajstić information content (AvgIpc) is 2.66. The number of rotatable bonds is 8. The van der Waals surface area contributed by atoms with Gasteiger partial charge in [0.05, 0.1) is 6.61 Å². The Morgan fingerprint density at radius 2 is 1.54 bits per heavy atom. The SMILES string of the molecule is CN=C(NCCc1ccc(F)cc1)NCc1ccc(COCC(F)(F)F)cc1. The van der Waals surface area contributed by atoms with Gasteiger partial charge in [-0.2, -0.15) is 13.2 Å². The van der Waals surface area contributed by atoms with Crippen LogP contribution in [0.5, 0.6) is 0 Å². The third kappa shape index (κ3) is 8.39. The van der Waals surface area contributed by atoms with Gasteiger partial charge in [-0.25, -0.2) is 4.39 Å². The monoisotopic (exact) mass is 397 g/mol. The predicted octanol–water partition coefficient (Wildman–Crippen LogP) is 3.81. The maximum absolute atomic E-state index is 12.9. The van der Waals surface area contributed by atoms with E-state index in [0.717, 1.165) is 17.5 Å². The molecule has 0 heterocycles. The number of halogens is 4. The maximum Gasteiger partial charge on any atom is 0.411 e. The van der Waals surface area contributed by atoms with Gasteiger partial charge in [0.1, 0.15) is 12.4 Å². The molecule has 28 heavy (non-hydrogen) atoms. The van der Waals surface area contributed by atoms with E-state index in [1.165, 1.54) is 12.1 Å². The van der Waals surface area contributed by atoms with E-state index in [1.54, 1.807) is 31.3 Å². The first-order valence-corrected chi connectivity index (χ1v) is 8.77. The fourth-order valence-electron chi connectivity index (χ4n) is 2.42. The summed E-state index contributed by atoms with van der Waals surface area (Å²) in [5.41, 5.74) is 2.66. The number of hydrogen-bond donors (Lipinski definition) is 2. The van der Waals surface area contributed by atoms with E-state index in [4.69, 9.17) is 0 Å². The lowest BCUT2D eigenvalue weighted by atomic mass is 10.1. The van der Waals surface area contributed by atoms with Crippen molar-refractivity contribution in [2.45, 2.75) is 25.7 Å². The average molecular weight is 397 g/mol. The van der Waals surface area contributed by atoms with Gasteiger partial charge in [0.15, 0.2) is 5.96 Å². The van der Waals surface area contributed by atoms with Crippen LogP contribution >= 0.6 is 0 Å². The van der Waals surface area contributed by atoms with Gasteiger partial charge in [0, 0.05) is 20.1 Å². The molecule has 4 nitrogen and oxygen atoms in total. The minimum absolute atomic E-state index is 0.0835. The molecule has 0 aliphatic heterocycles. The highest BCUT2D eigenvalue weighted by Gasteiger charge is 2.27. The summed E-state index contributed by atoms with van der Waals surface area (Å²) in [7, 11) is 1.66. The van der Waals surface area contributed by atoms with Crippen LogP contribution in [0.4, 0.5) is 17.6 Å². The molecule has 2 rings (SSSR count). The molecule has 2 N–H and O–H groups in total. The molecule has 0 atom stereocenters. The fourth-order valence-corrected chi connectivity index (χ4v) is 2.42. The topological polar surface area (TPSA) is 45.7 Å². The molecule has 0 aliphatic carbocycles. The van der Waals surface area contributed by atoms with Crippen molar-refractivity contribution in [3.05, 3.63) is 71.0 Å². The van der Waals surface area contributed by atoms with Gasteiger partial charge in [-0.3, -0.25) is 4.99 Å². The van der Waals surface area contributed by atoms with E-state index in [9.17, 15) is 17.6 Å². The standard InChI is InChI=1S/C20H23F4N3O/c1-25-19(26-11-10-15-6-8-18(21)9-7-15)27-12-16-2-4-17(5-3-16)13-28-14-20(22,23)24/h2-9H,10-14H2,1H3,(H2,25,26,27). The van der Waals surface area contributed by atoms with E-state index >= 15 is 0 Å². The van der Waals surface area contributed by atoms with Gasteiger partial charge >= 0.3 is 6.18 Å². The quantitative estimate of drug-likeness (QED) is 0.405. The molecule has 0 unspecified atom stereocenters. The summed E-state index contributed by atoms with van der Waals surface area (Å²) in [6.45, 7) is -0.184. The van der Waals surface area contributed by atoms with Crippen LogP contribution in [0.1, 0.15) is 16.7 Å². The van der Waals surface area contributed by atoms with Crippen LogP contribution in [0.15, 0.2) is 53.5 Å². The number of hydrogen-bond acceptors (Lipinski definition) is 2. The number of alkyl halides is 3. The molecule has 0 bridgehead atoms. The predicted molar refractivity (Wildman–Crippen MR) is 100 cm³/mol. The Morgan fingerprint density at radius 3 is 2.14 bits per heavy atom. The molecule has 2 aromatic carbocycles. The third-order valence-corrected chi connectivity index (χ3v) is 3.86. The number of aliphatic imine (C=N–C) groups is 1. The van der Waals surface area contributed by atoms with Gasteiger partial charge < -0.3 is 15.4 Å². The zero-order chi connectivity index (χ0) is 20.4. The zero-order valence-corrected chi connectivity index (χ0v) is 15.5. The lowest BCUT2D eigenvalue weighted by Crippen LogP contribution is -2.37. The Kier molecular flexibility index (Phi) is 8.25. The Bertz CT molecular complexity index is 744. The van der Waals surface area contributed by atoms with E-state index in [1.807, 2.05) is 12.1 Å². The normalized spacial score (nSPS) is 12.1. The summed E-state index contributed by atoms with van der Waals surface area (Å²) < 4.78 is 53.7. The maximum atomic E-state index is 12.9. The number of nitrogens with zero attached hydrogens (tertiary/aromatic N) is 1. The lowest BCUT2D eigenvalue weighted by molar-refractivity contribution is -0.176. The lowest BCUT2D eigenvalue weighted by Gasteiger charge is -2.12. The number of benzene rings is 2. The summed E-state index contributed by atoms with van der Waals surface area (Å²) in [4.78, 5) is 4.14. The van der Waals surface area contributed by atoms with Crippen molar-refractivity contribution in [1.82, 2.24) is 10.6 Å². The second-order valence-electron chi connectivity index (χ2n) is 6.15. The van der Waals surface area contributed by atoms with E-state index in [2.05, 4.69) is 20.4 Å². The van der Waals surface area contributed by atoms with Crippen molar-refractivity contribution in [3.63, 3.8) is 0 Å². The summed E-state index contributed by atoms with van der Waals surface area (Å²) in [5.74, 6) is 0.367. The second-order valence-corrected chi connectivity index (χ2v) is 6.15. The number of nitrogens with one attached hydrogen (secondary N) is 2. The Morgan fingerprint density at radius 1 is 0.929 bits per heavy atom. The van der Waals surface area contributed by atoms with Gasteiger partial charge in [-0.15, -0.1) is 0 Å². The molecule has 8 heteroatoms. The minimum atomic E-state index is -4.32. The zero-order valence-electron chi connectivity index (χ0n) is 15.5. The van der Waals surface area contributed by atoms with Crippen molar-refractivity contribution in [1.29, 1.82) is 0 Å². The van der Waals surface area contributed by atoms with E-state index in [0.29, 0.717) is 24.6 Å². The molecule has 0 saturated heterocycles. The highest BCUT2D eigenvalue weighted by molar-refractivity contribution is 5.79. The Labute approximate surface area is 161 Å². The minimum Gasteiger partial charge on any atom is -0.367 e. The van der Waals surface area contributed by atoms with Gasteiger partial charge in [-0.1, -0.05) is 36.4 Å². The van der Waals surface area contributed by atoms with Crippen LogP contribution in [-0.2, 0) is 24.3 Å². The van der Waals surface area contributed by atoms with Gasteiger partial charge in [-0.05, 0) is 35.2 Å². The molecular formula is C20H23F4N3O. The summed E-state index contributed by atoms with van der Waals surface area (Å²) in [6, 6.07) is 13.5. The second kappa shape index (κ2) is 10.7. The first-order valence-electron chi connectivity index (χ1n) is 8.77. The van der Waals surface area contributed by atoms with Crippen molar-refractivity contribution in [3.8, 4) is 0 Å². The molecule has 0 aromatic heterocycles. The molecule has 0 aliphatic rings. The van der Waals surface area contributed by atoms with Gasteiger partial charge in [0.25, 0.3) is 0 Å². The molecule has 0 radical (unpaired) electrons. The Balaban J connectivity index is 1.71. The largest absolute Gasteiger partial charge is 0.411 e. The molecule has 0 fully saturated rings. The van der Waals surface area contributed by atoms with Crippen LogP contribution in [0.25, 0.3) is 0 Å². The third-order valence-electron chi connectivity index (χ3n) is 3.86. The first-order chi connectivity index (χ1) is 13.4. The van der Waals surface area contributed by atoms with Crippen molar-refractivity contribution in [2.24, 2.45) is 4.99 Å². The highest BCUT2D eigenvalue weighted by atomic mass is 19.4. The number of guanidine groups is 1. The first kappa shape index (κ1) is 21.7. The smallest absolute Gasteiger partial charge is 0.367 e. The Hall–Kier alpha value is -2.61. The van der Waals surface area contributed by atoms with Crippen molar-refractivity contribution in [2.75, 3.05) is 20.2 Å². The molecule has 0 amide bonds. The van der Waals surface area contributed by atoms with E-state index in [-0.39, 0.29) is 12.4 Å². The van der Waals surface area contributed by atoms with Crippen molar-refractivity contribution >= 4 is 5.96 Å². The molecule has 0 saturated carbocycles. The molecule has 2 aromatic rings. The van der Waals surface area contributed by atoms with Crippen molar-refractivity contribution < 1.29 is 22.3 Å². The van der Waals surface area contributed by atoms with E-state index < -0.39 is 12.8 Å². The molecular weight excluding hydrogens is 374 g/mol. The van der Waals surface area contributed by atoms with Crippen LogP contribution < -0.4 is 10.6 Å². The summed E-state index contributed by atoms with van der Waals surface area (Å²) in [6.07, 6.45) is -3.59. The summed E-state index contributed by atoms with van der Waals surface area (Å²) in [5, 5.41) is 6.34. The summed E-state index contributed by atoms with van der Waals surface area (Å²) >= 11 is 0. The molecule has 152 valence electrons. The molecule has 0 spiro atoms. The number of ether oxygens (including phenoxy) is 1. The van der Waals surface area contributed by atoms with Crippen LogP contribution in [0.3, 0.4) is 0 Å². The fraction of sp³-hybridized carbons (Fsp3) is 0.350. The highest BCUT2D eigenvalue weighted by Crippen LogP contribution is 2.15. The van der Waals surface area contributed by atoms with Gasteiger partial charge in [0.2, 0.25) is 0 Å². The van der Waals surface area contributed by atoms with Crippen LogP contribution in [0.2, 0.25) is 0 Å².